The molecule has 0 aliphatic heterocycles. The number of carbonyl (C=O) groups is 1. The van der Waals surface area contributed by atoms with Crippen LogP contribution in [0, 0.1) is 0 Å². The van der Waals surface area contributed by atoms with Crippen molar-refractivity contribution in [3.63, 3.8) is 0 Å². The molecule has 0 radical (unpaired) electrons. The van der Waals surface area contributed by atoms with E-state index in [1.165, 1.54) is 7.11 Å². The normalized spacial score (nSPS) is 9.96. The Hall–Kier alpha value is -2.80. The van der Waals surface area contributed by atoms with Gasteiger partial charge in [0.05, 0.1) is 26.4 Å². The second-order valence-corrected chi connectivity index (χ2v) is 5.71. The van der Waals surface area contributed by atoms with Gasteiger partial charge in [-0.05, 0) is 55.0 Å². The summed E-state index contributed by atoms with van der Waals surface area (Å²) in [5, 5.41) is 6.62. The lowest BCUT2D eigenvalue weighted by molar-refractivity contribution is 0.0601. The van der Waals surface area contributed by atoms with Crippen LogP contribution in [0.5, 0.6) is 11.5 Å². The molecule has 6 nitrogen and oxygen atoms in total. The van der Waals surface area contributed by atoms with Crippen LogP contribution >= 0.6 is 12.2 Å². The Bertz CT molecular complexity index is 780. The van der Waals surface area contributed by atoms with Gasteiger partial charge in [0.25, 0.3) is 0 Å². The van der Waals surface area contributed by atoms with Gasteiger partial charge in [-0.1, -0.05) is 12.1 Å². The van der Waals surface area contributed by atoms with E-state index in [0.717, 1.165) is 5.56 Å². The summed E-state index contributed by atoms with van der Waals surface area (Å²) in [6, 6.07) is 12.7. The first-order valence-electron chi connectivity index (χ1n) is 8.10. The molecule has 0 atom stereocenters. The van der Waals surface area contributed by atoms with Crippen LogP contribution in [0.4, 0.5) is 5.69 Å². The summed E-state index contributed by atoms with van der Waals surface area (Å²) in [5.41, 5.74) is 2.16. The SMILES string of the molecule is CCOc1cc(CNC(=S)Nc2cccc(C(=O)OC)c2)ccc1OC. The van der Waals surface area contributed by atoms with Gasteiger partial charge in [-0.25, -0.2) is 4.79 Å². The van der Waals surface area contributed by atoms with Crippen molar-refractivity contribution in [2.24, 2.45) is 0 Å². The van der Waals surface area contributed by atoms with Crippen molar-refractivity contribution in [2.45, 2.75) is 13.5 Å². The van der Waals surface area contributed by atoms with E-state index in [0.29, 0.717) is 41.0 Å². The number of esters is 1. The molecule has 0 aliphatic carbocycles. The highest BCUT2D eigenvalue weighted by Gasteiger charge is 2.08. The summed E-state index contributed by atoms with van der Waals surface area (Å²) in [6.07, 6.45) is 0. The molecule has 0 unspecified atom stereocenters. The first kappa shape index (κ1) is 19.5. The number of rotatable bonds is 7. The van der Waals surface area contributed by atoms with Gasteiger partial charge in [0.15, 0.2) is 16.6 Å². The third-order valence-electron chi connectivity index (χ3n) is 3.52. The van der Waals surface area contributed by atoms with E-state index < -0.39 is 5.97 Å². The van der Waals surface area contributed by atoms with E-state index in [1.54, 1.807) is 25.3 Å². The van der Waals surface area contributed by atoms with E-state index in [4.69, 9.17) is 26.4 Å². The molecule has 2 rings (SSSR count). The maximum Gasteiger partial charge on any atom is 0.337 e. The Morgan fingerprint density at radius 2 is 1.92 bits per heavy atom. The predicted molar refractivity (Wildman–Crippen MR) is 105 cm³/mol. The number of hydrogen-bond donors (Lipinski definition) is 2. The molecule has 0 aliphatic rings. The van der Waals surface area contributed by atoms with Crippen LogP contribution in [0.15, 0.2) is 42.5 Å². The number of ether oxygens (including phenoxy) is 3. The van der Waals surface area contributed by atoms with Crippen LogP contribution in [-0.4, -0.2) is 31.9 Å². The van der Waals surface area contributed by atoms with Crippen molar-refractivity contribution < 1.29 is 19.0 Å². The first-order valence-corrected chi connectivity index (χ1v) is 8.51. The van der Waals surface area contributed by atoms with Crippen molar-refractivity contribution in [3.8, 4) is 11.5 Å². The fourth-order valence-electron chi connectivity index (χ4n) is 2.30. The summed E-state index contributed by atoms with van der Waals surface area (Å²) < 4.78 is 15.6. The van der Waals surface area contributed by atoms with Crippen molar-refractivity contribution >= 4 is 29.0 Å². The number of thiocarbonyl (C=S) groups is 1. The third kappa shape index (κ3) is 5.35. The topological polar surface area (TPSA) is 68.8 Å². The van der Waals surface area contributed by atoms with E-state index in [-0.39, 0.29) is 0 Å². The number of hydrogen-bond acceptors (Lipinski definition) is 5. The molecule has 138 valence electrons. The Morgan fingerprint density at radius 3 is 2.62 bits per heavy atom. The maximum atomic E-state index is 11.6. The highest BCUT2D eigenvalue weighted by molar-refractivity contribution is 7.80. The number of carbonyl (C=O) groups excluding carboxylic acids is 1. The smallest absolute Gasteiger partial charge is 0.337 e. The average molecular weight is 374 g/mol. The van der Waals surface area contributed by atoms with Crippen molar-refractivity contribution in [1.82, 2.24) is 5.32 Å². The summed E-state index contributed by atoms with van der Waals surface area (Å²) >= 11 is 5.31. The molecule has 2 aromatic rings. The Kier molecular flexibility index (Phi) is 7.23. The highest BCUT2D eigenvalue weighted by atomic mass is 32.1. The van der Waals surface area contributed by atoms with Crippen LogP contribution < -0.4 is 20.1 Å². The monoisotopic (exact) mass is 374 g/mol. The maximum absolute atomic E-state index is 11.6. The Morgan fingerprint density at radius 1 is 1.12 bits per heavy atom. The second kappa shape index (κ2) is 9.62. The van der Waals surface area contributed by atoms with Crippen LogP contribution in [0.25, 0.3) is 0 Å². The molecule has 0 spiro atoms. The van der Waals surface area contributed by atoms with Crippen LogP contribution in [0.3, 0.4) is 0 Å². The number of benzene rings is 2. The fraction of sp³-hybridized carbons (Fsp3) is 0.263. The molecule has 2 N–H and O–H groups in total. The standard InChI is InChI=1S/C19H22N2O4S/c1-4-25-17-10-13(8-9-16(17)23-2)12-20-19(26)21-15-7-5-6-14(11-15)18(22)24-3/h5-11H,4,12H2,1-3H3,(H2,20,21,26). The zero-order valence-corrected chi connectivity index (χ0v) is 15.8. The summed E-state index contributed by atoms with van der Waals surface area (Å²) in [4.78, 5) is 11.6. The zero-order chi connectivity index (χ0) is 18.9. The molecule has 0 amide bonds. The third-order valence-corrected chi connectivity index (χ3v) is 3.77. The molecule has 2 aromatic carbocycles. The molecular weight excluding hydrogens is 352 g/mol. The van der Waals surface area contributed by atoms with Crippen LogP contribution in [0.2, 0.25) is 0 Å². The van der Waals surface area contributed by atoms with Crippen molar-refractivity contribution in [3.05, 3.63) is 53.6 Å². The van der Waals surface area contributed by atoms with Crippen LogP contribution in [0.1, 0.15) is 22.8 Å². The minimum atomic E-state index is -0.394. The largest absolute Gasteiger partial charge is 0.493 e. The van der Waals surface area contributed by atoms with E-state index in [1.807, 2.05) is 31.2 Å². The Labute approximate surface area is 158 Å². The molecule has 0 bridgehead atoms. The van der Waals surface area contributed by atoms with Gasteiger partial charge in [-0.3, -0.25) is 0 Å². The second-order valence-electron chi connectivity index (χ2n) is 5.30. The molecule has 0 aromatic heterocycles. The minimum absolute atomic E-state index is 0.394. The molecule has 0 saturated carbocycles. The molecule has 0 heterocycles. The van der Waals surface area contributed by atoms with Crippen molar-refractivity contribution in [1.29, 1.82) is 0 Å². The zero-order valence-electron chi connectivity index (χ0n) is 15.0. The van der Waals surface area contributed by atoms with E-state index >= 15 is 0 Å². The van der Waals surface area contributed by atoms with Gasteiger partial charge in [0.1, 0.15) is 0 Å². The van der Waals surface area contributed by atoms with Gasteiger partial charge in [-0.2, -0.15) is 0 Å². The molecule has 0 fully saturated rings. The summed E-state index contributed by atoms with van der Waals surface area (Å²) in [5.74, 6) is 0.990. The average Bonchev–Trinajstić information content (AvgIpc) is 2.66. The highest BCUT2D eigenvalue weighted by Crippen LogP contribution is 2.28. The lowest BCUT2D eigenvalue weighted by Crippen LogP contribution is -2.28. The number of anilines is 1. The van der Waals surface area contributed by atoms with E-state index in [9.17, 15) is 4.79 Å². The van der Waals surface area contributed by atoms with Gasteiger partial charge in [-0.15, -0.1) is 0 Å². The van der Waals surface area contributed by atoms with Crippen molar-refractivity contribution in [2.75, 3.05) is 26.1 Å². The van der Waals surface area contributed by atoms with Gasteiger partial charge < -0.3 is 24.8 Å². The number of nitrogens with one attached hydrogen (secondary N) is 2. The number of methoxy groups -OCH3 is 2. The van der Waals surface area contributed by atoms with Gasteiger partial charge >= 0.3 is 5.97 Å². The van der Waals surface area contributed by atoms with Gasteiger partial charge in [0, 0.05) is 12.2 Å². The van der Waals surface area contributed by atoms with Gasteiger partial charge in [0.2, 0.25) is 0 Å². The lowest BCUT2D eigenvalue weighted by atomic mass is 10.2. The van der Waals surface area contributed by atoms with E-state index in [2.05, 4.69) is 10.6 Å². The van der Waals surface area contributed by atoms with Crippen LogP contribution in [-0.2, 0) is 11.3 Å². The minimum Gasteiger partial charge on any atom is -0.493 e. The fourth-order valence-corrected chi connectivity index (χ4v) is 2.49. The molecule has 0 saturated heterocycles. The first-order chi connectivity index (χ1) is 12.6. The predicted octanol–water partition coefficient (Wildman–Crippen LogP) is 3.37. The molecular formula is C19H22N2O4S. The quantitative estimate of drug-likeness (QED) is 0.569. The summed E-state index contributed by atoms with van der Waals surface area (Å²) in [7, 11) is 2.96. The molecule has 7 heteroatoms. The lowest BCUT2D eigenvalue weighted by Gasteiger charge is -2.13. The Balaban J connectivity index is 1.97. The molecule has 26 heavy (non-hydrogen) atoms. The summed E-state index contributed by atoms with van der Waals surface area (Å²) in [6.45, 7) is 3.00.